The second-order valence-corrected chi connectivity index (χ2v) is 6.14. The molecule has 6 nitrogen and oxygen atoms in total. The number of pyridine rings is 1. The first-order valence-electron chi connectivity index (χ1n) is 8.22. The maximum Gasteiger partial charge on any atom is 0.265 e. The van der Waals surface area contributed by atoms with Crippen molar-refractivity contribution in [3.8, 4) is 5.75 Å². The van der Waals surface area contributed by atoms with E-state index in [1.54, 1.807) is 4.90 Å². The Kier molecular flexibility index (Phi) is 4.70. The molecule has 2 amide bonds. The van der Waals surface area contributed by atoms with Gasteiger partial charge in [-0.25, -0.2) is 0 Å². The lowest BCUT2D eigenvalue weighted by atomic mass is 10.1. The molecule has 0 radical (unpaired) electrons. The summed E-state index contributed by atoms with van der Waals surface area (Å²) in [5.74, 6) is 0.376. The van der Waals surface area contributed by atoms with Gasteiger partial charge in [-0.1, -0.05) is 12.1 Å². The standard InChI is InChI=1S/C19H21N3O3/c1-12-10-13(2)20-14(3)19(12)21-17(23)8-9-22-15-6-4-5-7-16(15)25-11-18(22)24/h4-7,10H,8-9,11H2,1-3H3,(H,21,23). The van der Waals surface area contributed by atoms with E-state index in [2.05, 4.69) is 10.3 Å². The zero-order valence-corrected chi connectivity index (χ0v) is 14.6. The van der Waals surface area contributed by atoms with Crippen LogP contribution in [0.5, 0.6) is 5.75 Å². The number of carbonyl (C=O) groups excluding carboxylic acids is 2. The Balaban J connectivity index is 1.68. The first kappa shape index (κ1) is 17.0. The molecule has 130 valence electrons. The molecule has 0 bridgehead atoms. The summed E-state index contributed by atoms with van der Waals surface area (Å²) in [7, 11) is 0. The summed E-state index contributed by atoms with van der Waals surface area (Å²) < 4.78 is 5.41. The van der Waals surface area contributed by atoms with Gasteiger partial charge in [-0.05, 0) is 44.5 Å². The number of benzene rings is 1. The summed E-state index contributed by atoms with van der Waals surface area (Å²) in [4.78, 5) is 30.5. The number of aromatic nitrogens is 1. The van der Waals surface area contributed by atoms with Crippen LogP contribution in [0.15, 0.2) is 30.3 Å². The molecule has 2 heterocycles. The Labute approximate surface area is 146 Å². The fraction of sp³-hybridized carbons (Fsp3) is 0.316. The number of rotatable bonds is 4. The minimum absolute atomic E-state index is 0.00126. The molecule has 1 aliphatic rings. The van der Waals surface area contributed by atoms with E-state index in [4.69, 9.17) is 4.74 Å². The second kappa shape index (κ2) is 6.93. The number of carbonyl (C=O) groups is 2. The Bertz CT molecular complexity index is 809. The molecule has 2 aromatic rings. The molecule has 1 aromatic carbocycles. The summed E-state index contributed by atoms with van der Waals surface area (Å²) in [5.41, 5.74) is 4.13. The summed E-state index contributed by atoms with van der Waals surface area (Å²) in [5, 5.41) is 2.91. The van der Waals surface area contributed by atoms with E-state index < -0.39 is 0 Å². The fourth-order valence-corrected chi connectivity index (χ4v) is 3.03. The number of ether oxygens (including phenoxy) is 1. The van der Waals surface area contributed by atoms with E-state index in [-0.39, 0.29) is 24.8 Å². The highest BCUT2D eigenvalue weighted by Crippen LogP contribution is 2.31. The van der Waals surface area contributed by atoms with Crippen molar-refractivity contribution in [2.24, 2.45) is 0 Å². The molecule has 1 aliphatic heterocycles. The monoisotopic (exact) mass is 339 g/mol. The normalized spacial score (nSPS) is 13.2. The van der Waals surface area contributed by atoms with Crippen molar-refractivity contribution in [3.63, 3.8) is 0 Å². The topological polar surface area (TPSA) is 71.5 Å². The maximum atomic E-state index is 12.4. The first-order valence-corrected chi connectivity index (χ1v) is 8.22. The highest BCUT2D eigenvalue weighted by molar-refractivity contribution is 5.99. The number of amides is 2. The Morgan fingerprint density at radius 1 is 1.28 bits per heavy atom. The van der Waals surface area contributed by atoms with Gasteiger partial charge in [-0.2, -0.15) is 0 Å². The van der Waals surface area contributed by atoms with E-state index >= 15 is 0 Å². The van der Waals surface area contributed by atoms with Gasteiger partial charge in [-0.15, -0.1) is 0 Å². The molecule has 0 fully saturated rings. The number of anilines is 2. The SMILES string of the molecule is Cc1cc(C)c(NC(=O)CCN2C(=O)COc3ccccc32)c(C)n1. The van der Waals surface area contributed by atoms with E-state index in [1.807, 2.05) is 51.1 Å². The van der Waals surface area contributed by atoms with Crippen molar-refractivity contribution in [2.75, 3.05) is 23.4 Å². The van der Waals surface area contributed by atoms with Crippen molar-refractivity contribution in [3.05, 3.63) is 47.3 Å². The fourth-order valence-electron chi connectivity index (χ4n) is 3.03. The number of fused-ring (bicyclic) bond motifs is 1. The number of para-hydroxylation sites is 2. The quantitative estimate of drug-likeness (QED) is 0.930. The predicted molar refractivity (Wildman–Crippen MR) is 96.0 cm³/mol. The Morgan fingerprint density at radius 3 is 2.80 bits per heavy atom. The molecule has 6 heteroatoms. The summed E-state index contributed by atoms with van der Waals surface area (Å²) >= 11 is 0. The molecule has 0 saturated carbocycles. The van der Waals surface area contributed by atoms with Gasteiger partial charge in [0.15, 0.2) is 6.61 Å². The molecule has 0 unspecified atom stereocenters. The van der Waals surface area contributed by atoms with Crippen LogP contribution in [0.2, 0.25) is 0 Å². The third-order valence-corrected chi connectivity index (χ3v) is 4.16. The van der Waals surface area contributed by atoms with Crippen LogP contribution in [0.1, 0.15) is 23.4 Å². The van der Waals surface area contributed by atoms with Crippen molar-refractivity contribution in [1.29, 1.82) is 0 Å². The number of nitrogens with zero attached hydrogens (tertiary/aromatic N) is 2. The van der Waals surface area contributed by atoms with E-state index in [9.17, 15) is 9.59 Å². The molecule has 25 heavy (non-hydrogen) atoms. The van der Waals surface area contributed by atoms with Crippen LogP contribution in [0.25, 0.3) is 0 Å². The molecular weight excluding hydrogens is 318 g/mol. The highest BCUT2D eigenvalue weighted by Gasteiger charge is 2.25. The van der Waals surface area contributed by atoms with Gasteiger partial charge >= 0.3 is 0 Å². The van der Waals surface area contributed by atoms with Gasteiger partial charge in [0.25, 0.3) is 5.91 Å². The van der Waals surface area contributed by atoms with Gasteiger partial charge in [0.1, 0.15) is 5.75 Å². The minimum atomic E-state index is -0.145. The molecular formula is C19H21N3O3. The zero-order chi connectivity index (χ0) is 18.0. The van der Waals surface area contributed by atoms with E-state index in [0.717, 1.165) is 22.6 Å². The number of nitrogens with one attached hydrogen (secondary N) is 1. The van der Waals surface area contributed by atoms with Gasteiger partial charge < -0.3 is 15.0 Å². The Morgan fingerprint density at radius 2 is 2.04 bits per heavy atom. The summed E-state index contributed by atoms with van der Waals surface area (Å²) in [6.07, 6.45) is 0.201. The lowest BCUT2D eigenvalue weighted by Gasteiger charge is -2.29. The molecule has 1 aromatic heterocycles. The second-order valence-electron chi connectivity index (χ2n) is 6.14. The number of hydrogen-bond acceptors (Lipinski definition) is 4. The Hall–Kier alpha value is -2.89. The first-order chi connectivity index (χ1) is 12.0. The van der Waals surface area contributed by atoms with Gasteiger partial charge in [0.2, 0.25) is 5.91 Å². The van der Waals surface area contributed by atoms with E-state index in [1.165, 1.54) is 0 Å². The van der Waals surface area contributed by atoms with Crippen LogP contribution in [0.4, 0.5) is 11.4 Å². The predicted octanol–water partition coefficient (Wildman–Crippen LogP) is 2.76. The van der Waals surface area contributed by atoms with E-state index in [0.29, 0.717) is 18.0 Å². The zero-order valence-electron chi connectivity index (χ0n) is 14.6. The van der Waals surface area contributed by atoms with Crippen molar-refractivity contribution >= 4 is 23.2 Å². The average molecular weight is 339 g/mol. The summed E-state index contributed by atoms with van der Waals surface area (Å²) in [6.45, 7) is 6.05. The molecule has 0 spiro atoms. The van der Waals surface area contributed by atoms with Crippen LogP contribution in [-0.2, 0) is 9.59 Å². The van der Waals surface area contributed by atoms with Crippen LogP contribution in [-0.4, -0.2) is 29.9 Å². The van der Waals surface area contributed by atoms with Crippen LogP contribution in [0, 0.1) is 20.8 Å². The number of hydrogen-bond donors (Lipinski definition) is 1. The lowest BCUT2D eigenvalue weighted by molar-refractivity contribution is -0.121. The molecule has 0 saturated heterocycles. The summed E-state index contributed by atoms with van der Waals surface area (Å²) in [6, 6.07) is 9.28. The molecule has 3 rings (SSSR count). The van der Waals surface area contributed by atoms with Crippen molar-refractivity contribution in [2.45, 2.75) is 27.2 Å². The number of aryl methyl sites for hydroxylation is 3. The third kappa shape index (κ3) is 3.63. The molecule has 0 atom stereocenters. The largest absolute Gasteiger partial charge is 0.482 e. The molecule has 0 aliphatic carbocycles. The minimum Gasteiger partial charge on any atom is -0.482 e. The van der Waals surface area contributed by atoms with Crippen LogP contribution >= 0.6 is 0 Å². The lowest BCUT2D eigenvalue weighted by Crippen LogP contribution is -2.40. The smallest absolute Gasteiger partial charge is 0.265 e. The van der Waals surface area contributed by atoms with Gasteiger partial charge in [-0.3, -0.25) is 14.6 Å². The van der Waals surface area contributed by atoms with Gasteiger partial charge in [0, 0.05) is 18.7 Å². The van der Waals surface area contributed by atoms with Crippen LogP contribution in [0.3, 0.4) is 0 Å². The van der Waals surface area contributed by atoms with Crippen molar-refractivity contribution < 1.29 is 14.3 Å². The third-order valence-electron chi connectivity index (χ3n) is 4.16. The molecule has 1 N–H and O–H groups in total. The van der Waals surface area contributed by atoms with Gasteiger partial charge in [0.05, 0.1) is 17.1 Å². The van der Waals surface area contributed by atoms with Crippen LogP contribution < -0.4 is 15.0 Å². The average Bonchev–Trinajstić information content (AvgIpc) is 2.57. The van der Waals surface area contributed by atoms with Crippen molar-refractivity contribution in [1.82, 2.24) is 4.98 Å². The highest BCUT2D eigenvalue weighted by atomic mass is 16.5. The maximum absolute atomic E-state index is 12.4.